The van der Waals surface area contributed by atoms with Gasteiger partial charge < -0.3 is 8.98 Å². The fourth-order valence-electron chi connectivity index (χ4n) is 3.98. The van der Waals surface area contributed by atoms with E-state index in [0.717, 1.165) is 11.4 Å². The molecule has 0 saturated carbocycles. The molecule has 1 saturated heterocycles. The molecule has 0 spiro atoms. The zero-order valence-electron chi connectivity index (χ0n) is 18.1. The first kappa shape index (κ1) is 21.5. The number of nitrogens with zero attached hydrogens (tertiary/aromatic N) is 4. The van der Waals surface area contributed by atoms with E-state index in [1.807, 2.05) is 36.4 Å². The number of sulfonamides is 1. The van der Waals surface area contributed by atoms with Crippen molar-refractivity contribution < 1.29 is 17.6 Å². The lowest BCUT2D eigenvalue weighted by atomic mass is 10.1. The minimum Gasteiger partial charge on any atom is -0.408 e. The summed E-state index contributed by atoms with van der Waals surface area (Å²) in [6.07, 6.45) is 0. The predicted molar refractivity (Wildman–Crippen MR) is 116 cm³/mol. The lowest BCUT2D eigenvalue weighted by molar-refractivity contribution is 0.0901. The number of fused-ring (bicyclic) bond motifs is 1. The highest BCUT2D eigenvalue weighted by Crippen LogP contribution is 2.22. The van der Waals surface area contributed by atoms with Gasteiger partial charge in [-0.3, -0.25) is 14.3 Å². The van der Waals surface area contributed by atoms with Gasteiger partial charge >= 0.3 is 5.76 Å². The quantitative estimate of drug-likeness (QED) is 0.548. The number of carbonyl (C=O) groups excluding carboxylic acids is 1. The Balaban J connectivity index is 1.44. The van der Waals surface area contributed by atoms with E-state index in [1.54, 1.807) is 13.1 Å². The minimum absolute atomic E-state index is 0.0436. The van der Waals surface area contributed by atoms with Gasteiger partial charge in [0.25, 0.3) is 0 Å². The highest BCUT2D eigenvalue weighted by Gasteiger charge is 2.30. The summed E-state index contributed by atoms with van der Waals surface area (Å²) >= 11 is 0. The summed E-state index contributed by atoms with van der Waals surface area (Å²) in [6.45, 7) is 5.68. The van der Waals surface area contributed by atoms with Gasteiger partial charge in [0.2, 0.25) is 10.0 Å². The lowest BCUT2D eigenvalue weighted by Gasteiger charge is -2.33. The molecule has 0 atom stereocenters. The van der Waals surface area contributed by atoms with Crippen LogP contribution in [0.4, 0.5) is 0 Å². The van der Waals surface area contributed by atoms with Gasteiger partial charge in [-0.25, -0.2) is 13.2 Å². The SMILES string of the molecule is Cc1cc(C(=O)CN2CCN(S(=O)(=O)c3ccc4c(c3)oc(=O)n4C)CC2)c(C)n1C. The van der Waals surface area contributed by atoms with Crippen LogP contribution in [-0.4, -0.2) is 65.3 Å². The molecule has 0 amide bonds. The highest BCUT2D eigenvalue weighted by molar-refractivity contribution is 7.89. The maximum absolute atomic E-state index is 13.1. The Hall–Kier alpha value is -2.69. The van der Waals surface area contributed by atoms with E-state index in [2.05, 4.69) is 0 Å². The fraction of sp³-hybridized carbons (Fsp3) is 0.429. The molecule has 31 heavy (non-hydrogen) atoms. The third-order valence-corrected chi connectivity index (χ3v) is 8.07. The van der Waals surface area contributed by atoms with Gasteiger partial charge in [-0.1, -0.05) is 0 Å². The predicted octanol–water partition coefficient (Wildman–Crippen LogP) is 1.28. The lowest BCUT2D eigenvalue weighted by Crippen LogP contribution is -2.49. The number of hydrogen-bond donors (Lipinski definition) is 0. The van der Waals surface area contributed by atoms with Crippen LogP contribution in [-0.2, 0) is 24.1 Å². The van der Waals surface area contributed by atoms with Gasteiger partial charge in [0.1, 0.15) is 0 Å². The first-order chi connectivity index (χ1) is 14.6. The average molecular weight is 447 g/mol. The number of benzene rings is 1. The molecule has 1 aliphatic heterocycles. The first-order valence-electron chi connectivity index (χ1n) is 10.1. The van der Waals surface area contributed by atoms with Gasteiger partial charge in [-0.05, 0) is 32.0 Å². The zero-order valence-corrected chi connectivity index (χ0v) is 18.9. The van der Waals surface area contributed by atoms with E-state index < -0.39 is 15.8 Å². The molecular formula is C21H26N4O5S. The summed E-state index contributed by atoms with van der Waals surface area (Å²) in [5, 5.41) is 0. The Morgan fingerprint density at radius 2 is 1.71 bits per heavy atom. The van der Waals surface area contributed by atoms with Crippen molar-refractivity contribution >= 4 is 26.9 Å². The molecule has 0 unspecified atom stereocenters. The number of hydrogen-bond acceptors (Lipinski definition) is 6. The van der Waals surface area contributed by atoms with Crippen molar-refractivity contribution in [3.05, 3.63) is 51.8 Å². The van der Waals surface area contributed by atoms with Gasteiger partial charge in [0.15, 0.2) is 11.4 Å². The molecule has 0 N–H and O–H groups in total. The third-order valence-electron chi connectivity index (χ3n) is 6.18. The van der Waals surface area contributed by atoms with Crippen LogP contribution >= 0.6 is 0 Å². The molecule has 3 aromatic rings. The summed E-state index contributed by atoms with van der Waals surface area (Å²) in [6, 6.07) is 6.36. The average Bonchev–Trinajstić information content (AvgIpc) is 3.17. The van der Waals surface area contributed by atoms with Crippen LogP contribution in [0, 0.1) is 13.8 Å². The van der Waals surface area contributed by atoms with Crippen LogP contribution in [0.3, 0.4) is 0 Å². The number of ketones is 1. The molecule has 166 valence electrons. The molecule has 9 nitrogen and oxygen atoms in total. The first-order valence-corrected chi connectivity index (χ1v) is 11.5. The van der Waals surface area contributed by atoms with E-state index in [1.165, 1.54) is 21.0 Å². The molecule has 1 aliphatic rings. The van der Waals surface area contributed by atoms with Crippen LogP contribution in [0.1, 0.15) is 21.7 Å². The van der Waals surface area contributed by atoms with Gasteiger partial charge in [-0.2, -0.15) is 4.31 Å². The second-order valence-corrected chi connectivity index (χ2v) is 9.94. The number of Topliss-reactive ketones (excluding diaryl/α,β-unsaturated/α-hetero) is 1. The summed E-state index contributed by atoms with van der Waals surface area (Å²) in [5.41, 5.74) is 3.47. The molecule has 4 rings (SSSR count). The molecule has 3 heterocycles. The summed E-state index contributed by atoms with van der Waals surface area (Å²) in [5.74, 6) is -0.492. The maximum Gasteiger partial charge on any atom is 0.419 e. The van der Waals surface area contributed by atoms with Crippen LogP contribution in [0.5, 0.6) is 0 Å². The molecule has 1 aromatic carbocycles. The number of aryl methyl sites for hydroxylation is 2. The van der Waals surface area contributed by atoms with Crippen LogP contribution in [0.2, 0.25) is 0 Å². The molecule has 10 heteroatoms. The van der Waals surface area contributed by atoms with Gasteiger partial charge in [-0.15, -0.1) is 0 Å². The van der Waals surface area contributed by atoms with E-state index in [4.69, 9.17) is 4.42 Å². The Bertz CT molecular complexity index is 1320. The second-order valence-electron chi connectivity index (χ2n) is 8.00. The molecule has 0 aliphatic carbocycles. The number of piperazine rings is 1. The van der Waals surface area contributed by atoms with Crippen LogP contribution < -0.4 is 5.76 Å². The Labute approximate surface area is 180 Å². The largest absolute Gasteiger partial charge is 0.419 e. The standard InChI is InChI=1S/C21H26N4O5S/c1-14-11-17(15(2)22(14)3)19(26)13-24-7-9-25(10-8-24)31(28,29)16-5-6-18-20(12-16)30-21(27)23(18)4/h5-6,11-12H,7-10,13H2,1-4H3. The molecule has 0 radical (unpaired) electrons. The normalized spacial score (nSPS) is 16.3. The van der Waals surface area contributed by atoms with Crippen molar-refractivity contribution in [3.8, 4) is 0 Å². The van der Waals surface area contributed by atoms with E-state index in [9.17, 15) is 18.0 Å². The smallest absolute Gasteiger partial charge is 0.408 e. The minimum atomic E-state index is -3.72. The summed E-state index contributed by atoms with van der Waals surface area (Å²) in [7, 11) is -0.219. The van der Waals surface area contributed by atoms with E-state index >= 15 is 0 Å². The fourth-order valence-corrected chi connectivity index (χ4v) is 5.42. The number of aromatic nitrogens is 2. The third kappa shape index (κ3) is 3.75. The monoisotopic (exact) mass is 446 g/mol. The Morgan fingerprint density at radius 3 is 2.32 bits per heavy atom. The van der Waals surface area contributed by atoms with Crippen LogP contribution in [0.15, 0.2) is 38.4 Å². The molecule has 2 aromatic heterocycles. The highest BCUT2D eigenvalue weighted by atomic mass is 32.2. The molecule has 1 fully saturated rings. The zero-order chi connectivity index (χ0) is 22.5. The van der Waals surface area contributed by atoms with E-state index in [0.29, 0.717) is 37.3 Å². The van der Waals surface area contributed by atoms with Crippen molar-refractivity contribution in [3.63, 3.8) is 0 Å². The second kappa shape index (κ2) is 7.77. The summed E-state index contributed by atoms with van der Waals surface area (Å²) < 4.78 is 36.0. The van der Waals surface area contributed by atoms with Gasteiger partial charge in [0.05, 0.1) is 17.0 Å². The Kier molecular flexibility index (Phi) is 5.40. The van der Waals surface area contributed by atoms with Crippen molar-refractivity contribution in [2.75, 3.05) is 32.7 Å². The number of rotatable bonds is 5. The van der Waals surface area contributed by atoms with Gasteiger partial charge in [0, 0.05) is 63.3 Å². The van der Waals surface area contributed by atoms with Crippen LogP contribution in [0.25, 0.3) is 11.1 Å². The van der Waals surface area contributed by atoms with Crippen molar-refractivity contribution in [2.24, 2.45) is 14.1 Å². The van der Waals surface area contributed by atoms with Crippen molar-refractivity contribution in [2.45, 2.75) is 18.7 Å². The van der Waals surface area contributed by atoms with Crippen molar-refractivity contribution in [1.29, 1.82) is 0 Å². The van der Waals surface area contributed by atoms with Crippen molar-refractivity contribution in [1.82, 2.24) is 18.3 Å². The summed E-state index contributed by atoms with van der Waals surface area (Å²) in [4.78, 5) is 26.5. The number of oxazole rings is 1. The number of carbonyl (C=O) groups is 1. The van der Waals surface area contributed by atoms with E-state index in [-0.39, 0.29) is 22.8 Å². The Morgan fingerprint density at radius 1 is 1.03 bits per heavy atom. The maximum atomic E-state index is 13.1. The topological polar surface area (TPSA) is 97.8 Å². The molecular weight excluding hydrogens is 420 g/mol. The molecule has 0 bridgehead atoms.